The Bertz CT molecular complexity index is 646. The summed E-state index contributed by atoms with van der Waals surface area (Å²) in [4.78, 5) is 12.3. The lowest BCUT2D eigenvalue weighted by Crippen LogP contribution is -2.46. The molecular formula is C16H23FN2O3S. The number of nitrogens with one attached hydrogen (secondary N) is 1. The molecule has 2 rings (SSSR count). The molecule has 0 aromatic heterocycles. The topological polar surface area (TPSA) is 66.5 Å². The molecule has 5 nitrogen and oxygen atoms in total. The van der Waals surface area contributed by atoms with E-state index < -0.39 is 15.8 Å². The summed E-state index contributed by atoms with van der Waals surface area (Å²) in [6.07, 6.45) is 2.15. The normalized spacial score (nSPS) is 20.9. The second-order valence-corrected chi connectivity index (χ2v) is 7.91. The van der Waals surface area contributed by atoms with Gasteiger partial charge in [0.1, 0.15) is 5.82 Å². The van der Waals surface area contributed by atoms with Crippen LogP contribution in [0.25, 0.3) is 0 Å². The van der Waals surface area contributed by atoms with E-state index in [0.717, 1.165) is 18.6 Å². The zero-order chi connectivity index (χ0) is 17.0. The number of amides is 1. The lowest BCUT2D eigenvalue weighted by molar-refractivity contribution is -0.126. The molecule has 1 fully saturated rings. The van der Waals surface area contributed by atoms with Gasteiger partial charge in [0.2, 0.25) is 15.9 Å². The molecule has 128 valence electrons. The molecule has 1 aliphatic rings. The number of benzene rings is 1. The third-order valence-electron chi connectivity index (χ3n) is 4.21. The highest BCUT2D eigenvalue weighted by Gasteiger charge is 2.33. The highest BCUT2D eigenvalue weighted by Crippen LogP contribution is 2.24. The quantitative estimate of drug-likeness (QED) is 0.891. The first-order valence-corrected chi connectivity index (χ1v) is 9.34. The van der Waals surface area contributed by atoms with Gasteiger partial charge in [-0.3, -0.25) is 4.79 Å². The van der Waals surface area contributed by atoms with Gasteiger partial charge < -0.3 is 5.32 Å². The maximum Gasteiger partial charge on any atom is 0.243 e. The van der Waals surface area contributed by atoms with Gasteiger partial charge in [-0.25, -0.2) is 12.8 Å². The molecule has 1 saturated heterocycles. The van der Waals surface area contributed by atoms with E-state index in [2.05, 4.69) is 5.32 Å². The third kappa shape index (κ3) is 4.29. The monoisotopic (exact) mass is 342 g/mol. The van der Waals surface area contributed by atoms with E-state index in [1.165, 1.54) is 16.4 Å². The highest BCUT2D eigenvalue weighted by molar-refractivity contribution is 7.89. The van der Waals surface area contributed by atoms with Crippen molar-refractivity contribution in [1.29, 1.82) is 0 Å². The van der Waals surface area contributed by atoms with Gasteiger partial charge >= 0.3 is 0 Å². The Labute approximate surface area is 136 Å². The number of halogens is 1. The van der Waals surface area contributed by atoms with Crippen LogP contribution in [0, 0.1) is 11.7 Å². The van der Waals surface area contributed by atoms with Crippen LogP contribution in [0.4, 0.5) is 4.39 Å². The van der Waals surface area contributed by atoms with Gasteiger partial charge in [0.15, 0.2) is 0 Å². The minimum Gasteiger partial charge on any atom is -0.353 e. The largest absolute Gasteiger partial charge is 0.353 e. The van der Waals surface area contributed by atoms with Crippen LogP contribution in [0.5, 0.6) is 0 Å². The Kier molecular flexibility index (Phi) is 5.75. The smallest absolute Gasteiger partial charge is 0.243 e. The van der Waals surface area contributed by atoms with Gasteiger partial charge in [0.05, 0.1) is 10.8 Å². The first kappa shape index (κ1) is 17.9. The van der Waals surface area contributed by atoms with Crippen LogP contribution in [-0.2, 0) is 14.8 Å². The van der Waals surface area contributed by atoms with Gasteiger partial charge in [0, 0.05) is 19.1 Å². The highest BCUT2D eigenvalue weighted by atomic mass is 32.2. The Morgan fingerprint density at radius 3 is 2.65 bits per heavy atom. The molecule has 1 aromatic carbocycles. The zero-order valence-electron chi connectivity index (χ0n) is 13.5. The van der Waals surface area contributed by atoms with E-state index in [-0.39, 0.29) is 29.3 Å². The first-order chi connectivity index (χ1) is 10.8. The van der Waals surface area contributed by atoms with Gasteiger partial charge in [-0.15, -0.1) is 0 Å². The van der Waals surface area contributed by atoms with Crippen LogP contribution in [0.1, 0.15) is 33.1 Å². The molecule has 0 bridgehead atoms. The number of carbonyl (C=O) groups excluding carboxylic acids is 1. The second kappa shape index (κ2) is 7.40. The molecule has 0 unspecified atom stereocenters. The summed E-state index contributed by atoms with van der Waals surface area (Å²) >= 11 is 0. The molecule has 1 N–H and O–H groups in total. The Hall–Kier alpha value is -1.47. The molecular weight excluding hydrogens is 319 g/mol. The van der Waals surface area contributed by atoms with Crippen LogP contribution in [0.3, 0.4) is 0 Å². The fourth-order valence-electron chi connectivity index (χ4n) is 2.59. The summed E-state index contributed by atoms with van der Waals surface area (Å²) in [5.41, 5.74) is 0. The summed E-state index contributed by atoms with van der Waals surface area (Å²) < 4.78 is 39.5. The van der Waals surface area contributed by atoms with Crippen molar-refractivity contribution >= 4 is 15.9 Å². The van der Waals surface area contributed by atoms with E-state index >= 15 is 0 Å². The van der Waals surface area contributed by atoms with Crippen LogP contribution >= 0.6 is 0 Å². The SMILES string of the molecule is CC[C@@H](C)NC(=O)[C@@H]1CCCN(S(=O)(=O)c2ccc(F)cc2)C1. The van der Waals surface area contributed by atoms with E-state index in [4.69, 9.17) is 0 Å². The van der Waals surface area contributed by atoms with E-state index in [9.17, 15) is 17.6 Å². The Morgan fingerprint density at radius 2 is 2.04 bits per heavy atom. The molecule has 0 spiro atoms. The van der Waals surface area contributed by atoms with Crippen molar-refractivity contribution in [3.63, 3.8) is 0 Å². The molecule has 1 aromatic rings. The molecule has 1 amide bonds. The summed E-state index contributed by atoms with van der Waals surface area (Å²) in [7, 11) is -3.69. The lowest BCUT2D eigenvalue weighted by atomic mass is 9.98. The number of piperidine rings is 1. The van der Waals surface area contributed by atoms with Crippen LogP contribution < -0.4 is 5.32 Å². The maximum atomic E-state index is 13.0. The summed E-state index contributed by atoms with van der Waals surface area (Å²) in [5.74, 6) is -0.917. The van der Waals surface area contributed by atoms with Crippen molar-refractivity contribution in [2.24, 2.45) is 5.92 Å². The fraction of sp³-hybridized carbons (Fsp3) is 0.562. The van der Waals surface area contributed by atoms with Crippen molar-refractivity contribution in [2.45, 2.75) is 44.0 Å². The number of hydrogen-bond donors (Lipinski definition) is 1. The lowest BCUT2D eigenvalue weighted by Gasteiger charge is -2.31. The summed E-state index contributed by atoms with van der Waals surface area (Å²) in [5, 5.41) is 2.91. The average molecular weight is 342 g/mol. The van der Waals surface area contributed by atoms with Crippen LogP contribution in [0.15, 0.2) is 29.2 Å². The van der Waals surface area contributed by atoms with Crippen molar-refractivity contribution in [2.75, 3.05) is 13.1 Å². The maximum absolute atomic E-state index is 13.0. The van der Waals surface area contributed by atoms with E-state index in [0.29, 0.717) is 19.4 Å². The van der Waals surface area contributed by atoms with Gasteiger partial charge in [-0.2, -0.15) is 4.31 Å². The second-order valence-electron chi connectivity index (χ2n) is 5.97. The molecule has 0 radical (unpaired) electrons. The summed E-state index contributed by atoms with van der Waals surface area (Å²) in [6, 6.07) is 4.85. The first-order valence-electron chi connectivity index (χ1n) is 7.90. The molecule has 23 heavy (non-hydrogen) atoms. The number of carbonyl (C=O) groups is 1. The van der Waals surface area contributed by atoms with Crippen LogP contribution in [-0.4, -0.2) is 37.8 Å². The number of sulfonamides is 1. The zero-order valence-corrected chi connectivity index (χ0v) is 14.3. The Morgan fingerprint density at radius 1 is 1.39 bits per heavy atom. The minimum atomic E-state index is -3.69. The molecule has 2 atom stereocenters. The minimum absolute atomic E-state index is 0.0573. The van der Waals surface area contributed by atoms with E-state index in [1.807, 2.05) is 13.8 Å². The van der Waals surface area contributed by atoms with Crippen molar-refractivity contribution in [3.8, 4) is 0 Å². The number of rotatable bonds is 5. The predicted molar refractivity (Wildman–Crippen MR) is 85.8 cm³/mol. The molecule has 1 heterocycles. The molecule has 0 saturated carbocycles. The average Bonchev–Trinajstić information content (AvgIpc) is 2.55. The van der Waals surface area contributed by atoms with Crippen molar-refractivity contribution in [1.82, 2.24) is 9.62 Å². The standard InChI is InChI=1S/C16H23FN2O3S/c1-3-12(2)18-16(20)13-5-4-10-19(11-13)23(21,22)15-8-6-14(17)7-9-15/h6-9,12-13H,3-5,10-11H2,1-2H3,(H,18,20)/t12-,13-/m1/s1. The van der Waals surface area contributed by atoms with E-state index in [1.54, 1.807) is 0 Å². The third-order valence-corrected chi connectivity index (χ3v) is 6.09. The van der Waals surface area contributed by atoms with Crippen LogP contribution in [0.2, 0.25) is 0 Å². The Balaban J connectivity index is 2.11. The molecule has 1 aliphatic heterocycles. The molecule has 7 heteroatoms. The summed E-state index contributed by atoms with van der Waals surface area (Å²) in [6.45, 7) is 4.46. The van der Waals surface area contributed by atoms with Crippen molar-refractivity contribution < 1.29 is 17.6 Å². The molecule has 0 aliphatic carbocycles. The van der Waals surface area contributed by atoms with Gasteiger partial charge in [-0.1, -0.05) is 6.92 Å². The van der Waals surface area contributed by atoms with Gasteiger partial charge in [0.25, 0.3) is 0 Å². The predicted octanol–water partition coefficient (Wildman–Crippen LogP) is 2.14. The fourth-order valence-corrected chi connectivity index (χ4v) is 4.12. The van der Waals surface area contributed by atoms with Gasteiger partial charge in [-0.05, 0) is 50.5 Å². The number of hydrogen-bond acceptors (Lipinski definition) is 3. The van der Waals surface area contributed by atoms with Crippen molar-refractivity contribution in [3.05, 3.63) is 30.1 Å². The number of nitrogens with zero attached hydrogens (tertiary/aromatic N) is 1.